The van der Waals surface area contributed by atoms with Crippen molar-refractivity contribution in [2.75, 3.05) is 11.9 Å². The number of hydrogen-bond donors (Lipinski definition) is 1. The van der Waals surface area contributed by atoms with Crippen LogP contribution in [0.4, 0.5) is 5.69 Å². The molecule has 108 valence electrons. The lowest BCUT2D eigenvalue weighted by molar-refractivity contribution is -0.121. The molecule has 0 spiro atoms. The predicted octanol–water partition coefficient (Wildman–Crippen LogP) is 3.02. The zero-order valence-electron chi connectivity index (χ0n) is 12.5. The van der Waals surface area contributed by atoms with Gasteiger partial charge in [-0.1, -0.05) is 36.4 Å². The zero-order valence-corrected chi connectivity index (χ0v) is 12.5. The molecule has 1 unspecified atom stereocenters. The summed E-state index contributed by atoms with van der Waals surface area (Å²) in [6.07, 6.45) is -0.673. The quantitative estimate of drug-likeness (QED) is 0.919. The van der Waals surface area contributed by atoms with Crippen molar-refractivity contribution in [3.05, 3.63) is 65.2 Å². The molecule has 3 rings (SSSR count). The van der Waals surface area contributed by atoms with Crippen LogP contribution in [0.3, 0.4) is 0 Å². The summed E-state index contributed by atoms with van der Waals surface area (Å²) >= 11 is 0. The molecule has 0 aromatic heterocycles. The summed E-state index contributed by atoms with van der Waals surface area (Å²) in [5.41, 5.74) is 3.02. The van der Waals surface area contributed by atoms with Crippen molar-refractivity contribution in [3.63, 3.8) is 0 Å². The fourth-order valence-corrected chi connectivity index (χ4v) is 2.99. The molecule has 2 aromatic rings. The molecule has 1 aliphatic rings. The summed E-state index contributed by atoms with van der Waals surface area (Å²) in [4.78, 5) is 14.0. The predicted molar refractivity (Wildman–Crippen MR) is 83.4 cm³/mol. The third-order valence-corrected chi connectivity index (χ3v) is 4.33. The Bertz CT molecular complexity index is 692. The Labute approximate surface area is 124 Å². The van der Waals surface area contributed by atoms with E-state index in [0.717, 1.165) is 22.4 Å². The van der Waals surface area contributed by atoms with Crippen molar-refractivity contribution in [2.24, 2.45) is 0 Å². The lowest BCUT2D eigenvalue weighted by Crippen LogP contribution is -2.33. The first-order valence-electron chi connectivity index (χ1n) is 7.08. The van der Waals surface area contributed by atoms with E-state index in [2.05, 4.69) is 0 Å². The van der Waals surface area contributed by atoms with E-state index in [1.165, 1.54) is 0 Å². The summed E-state index contributed by atoms with van der Waals surface area (Å²) in [7, 11) is 1.79. The first-order valence-corrected chi connectivity index (χ1v) is 7.08. The highest BCUT2D eigenvalue weighted by Gasteiger charge is 2.42. The Balaban J connectivity index is 2.06. The van der Waals surface area contributed by atoms with Crippen molar-refractivity contribution in [1.29, 1.82) is 0 Å². The van der Waals surface area contributed by atoms with Crippen molar-refractivity contribution >= 4 is 11.6 Å². The molecule has 1 atom stereocenters. The van der Waals surface area contributed by atoms with Crippen LogP contribution in [0.1, 0.15) is 36.6 Å². The number of fused-ring (bicyclic) bond motifs is 1. The summed E-state index contributed by atoms with van der Waals surface area (Å²) in [5.74, 6) is 0.0869. The molecule has 1 amide bonds. The molecule has 1 N–H and O–H groups in total. The number of likely N-dealkylation sites (N-methyl/N-ethyl adjacent to an activating group) is 1. The molecule has 21 heavy (non-hydrogen) atoms. The minimum atomic E-state index is -0.673. The van der Waals surface area contributed by atoms with Crippen LogP contribution in [0.5, 0.6) is 0 Å². The summed E-state index contributed by atoms with van der Waals surface area (Å²) in [6, 6.07) is 15.3. The van der Waals surface area contributed by atoms with Crippen LogP contribution < -0.4 is 4.90 Å². The SMILES string of the molecule is CN1C(=O)C(C)(C)c2cc(C(O)c3ccccc3)ccc21. The van der Waals surface area contributed by atoms with E-state index >= 15 is 0 Å². The summed E-state index contributed by atoms with van der Waals surface area (Å²) in [6.45, 7) is 3.85. The van der Waals surface area contributed by atoms with Gasteiger partial charge in [0.05, 0.1) is 5.41 Å². The Hall–Kier alpha value is -2.13. The fourth-order valence-electron chi connectivity index (χ4n) is 2.99. The van der Waals surface area contributed by atoms with Gasteiger partial charge in [-0.3, -0.25) is 4.79 Å². The monoisotopic (exact) mass is 281 g/mol. The van der Waals surface area contributed by atoms with E-state index in [9.17, 15) is 9.90 Å². The van der Waals surface area contributed by atoms with Crippen LogP contribution in [0, 0.1) is 0 Å². The molecular weight excluding hydrogens is 262 g/mol. The number of carbonyl (C=O) groups is 1. The van der Waals surface area contributed by atoms with E-state index in [1.807, 2.05) is 62.4 Å². The van der Waals surface area contributed by atoms with Gasteiger partial charge in [0, 0.05) is 12.7 Å². The van der Waals surface area contributed by atoms with Gasteiger partial charge >= 0.3 is 0 Å². The van der Waals surface area contributed by atoms with Gasteiger partial charge in [-0.25, -0.2) is 0 Å². The van der Waals surface area contributed by atoms with Crippen molar-refractivity contribution in [1.82, 2.24) is 0 Å². The second-order valence-electron chi connectivity index (χ2n) is 6.08. The highest BCUT2D eigenvalue weighted by Crippen LogP contribution is 2.42. The third kappa shape index (κ3) is 2.05. The molecule has 0 radical (unpaired) electrons. The maximum Gasteiger partial charge on any atom is 0.236 e. The molecule has 2 aromatic carbocycles. The Morgan fingerprint density at radius 3 is 2.38 bits per heavy atom. The van der Waals surface area contributed by atoms with Crippen LogP contribution in [-0.4, -0.2) is 18.1 Å². The average Bonchev–Trinajstić information content (AvgIpc) is 2.68. The second kappa shape index (κ2) is 4.71. The number of nitrogens with zero attached hydrogens (tertiary/aromatic N) is 1. The number of amides is 1. The van der Waals surface area contributed by atoms with Crippen LogP contribution in [0.2, 0.25) is 0 Å². The number of hydrogen-bond acceptors (Lipinski definition) is 2. The van der Waals surface area contributed by atoms with Gasteiger partial charge < -0.3 is 10.0 Å². The molecule has 0 saturated heterocycles. The molecule has 1 heterocycles. The first-order chi connectivity index (χ1) is 9.93. The van der Waals surface area contributed by atoms with Gasteiger partial charge in [-0.05, 0) is 42.7 Å². The van der Waals surface area contributed by atoms with Crippen LogP contribution in [0.25, 0.3) is 0 Å². The second-order valence-corrected chi connectivity index (χ2v) is 6.08. The minimum absolute atomic E-state index is 0.0869. The van der Waals surface area contributed by atoms with Crippen molar-refractivity contribution in [2.45, 2.75) is 25.4 Å². The lowest BCUT2D eigenvalue weighted by Gasteiger charge is -2.18. The molecule has 1 aliphatic heterocycles. The smallest absolute Gasteiger partial charge is 0.236 e. The number of anilines is 1. The zero-order chi connectivity index (χ0) is 15.2. The van der Waals surface area contributed by atoms with Gasteiger partial charge in [0.15, 0.2) is 0 Å². The Morgan fingerprint density at radius 1 is 1.05 bits per heavy atom. The van der Waals surface area contributed by atoms with Crippen molar-refractivity contribution in [3.8, 4) is 0 Å². The number of rotatable bonds is 2. The van der Waals surface area contributed by atoms with Gasteiger partial charge in [0.25, 0.3) is 0 Å². The van der Waals surface area contributed by atoms with Crippen LogP contribution in [-0.2, 0) is 10.2 Å². The van der Waals surface area contributed by atoms with Gasteiger partial charge in [-0.15, -0.1) is 0 Å². The number of benzene rings is 2. The van der Waals surface area contributed by atoms with Crippen LogP contribution in [0.15, 0.2) is 48.5 Å². The highest BCUT2D eigenvalue weighted by atomic mass is 16.3. The van der Waals surface area contributed by atoms with E-state index in [1.54, 1.807) is 11.9 Å². The molecule has 0 fully saturated rings. The number of carbonyl (C=O) groups excluding carboxylic acids is 1. The first kappa shape index (κ1) is 13.8. The lowest BCUT2D eigenvalue weighted by atomic mass is 9.84. The molecule has 3 nitrogen and oxygen atoms in total. The Morgan fingerprint density at radius 2 is 1.71 bits per heavy atom. The maximum atomic E-state index is 12.3. The van der Waals surface area contributed by atoms with Crippen LogP contribution >= 0.6 is 0 Å². The average molecular weight is 281 g/mol. The summed E-state index contributed by atoms with van der Waals surface area (Å²) < 4.78 is 0. The van der Waals surface area contributed by atoms with E-state index in [-0.39, 0.29) is 5.91 Å². The van der Waals surface area contributed by atoms with Gasteiger partial charge in [0.1, 0.15) is 6.10 Å². The van der Waals surface area contributed by atoms with E-state index in [0.29, 0.717) is 0 Å². The largest absolute Gasteiger partial charge is 0.384 e. The minimum Gasteiger partial charge on any atom is -0.384 e. The molecular formula is C18H19NO2. The summed E-state index contributed by atoms with van der Waals surface area (Å²) in [5, 5.41) is 10.5. The van der Waals surface area contributed by atoms with E-state index in [4.69, 9.17) is 0 Å². The molecule has 3 heteroatoms. The highest BCUT2D eigenvalue weighted by molar-refractivity contribution is 6.07. The van der Waals surface area contributed by atoms with E-state index < -0.39 is 11.5 Å². The maximum absolute atomic E-state index is 12.3. The molecule has 0 bridgehead atoms. The normalized spacial score (nSPS) is 17.7. The van der Waals surface area contributed by atoms with Crippen molar-refractivity contribution < 1.29 is 9.90 Å². The molecule has 0 saturated carbocycles. The third-order valence-electron chi connectivity index (χ3n) is 4.33. The number of aliphatic hydroxyl groups is 1. The fraction of sp³-hybridized carbons (Fsp3) is 0.278. The molecule has 0 aliphatic carbocycles. The van der Waals surface area contributed by atoms with Gasteiger partial charge in [0.2, 0.25) is 5.91 Å². The topological polar surface area (TPSA) is 40.5 Å². The number of aliphatic hydroxyl groups excluding tert-OH is 1. The van der Waals surface area contributed by atoms with Gasteiger partial charge in [-0.2, -0.15) is 0 Å². The standard InChI is InChI=1S/C18H19NO2/c1-18(2)14-11-13(9-10-15(14)19(3)17(18)21)16(20)12-7-5-4-6-8-12/h4-11,16,20H,1-3H3. The Kier molecular flexibility index (Phi) is 3.10.